The van der Waals surface area contributed by atoms with E-state index in [1.165, 1.54) is 18.6 Å². The zero-order valence-electron chi connectivity index (χ0n) is 23.0. The van der Waals surface area contributed by atoms with Gasteiger partial charge in [-0.25, -0.2) is 19.6 Å². The Bertz CT molecular complexity index is 1830. The van der Waals surface area contributed by atoms with Crippen molar-refractivity contribution in [2.45, 2.75) is 38.6 Å². The molecule has 0 aliphatic carbocycles. The Balaban J connectivity index is 1.31. The first-order valence-corrected chi connectivity index (χ1v) is 13.9. The van der Waals surface area contributed by atoms with Gasteiger partial charge in [0.15, 0.2) is 11.5 Å². The first kappa shape index (κ1) is 27.5. The molecule has 12 nitrogen and oxygen atoms in total. The van der Waals surface area contributed by atoms with Crippen LogP contribution < -0.4 is 16.6 Å². The highest BCUT2D eigenvalue weighted by atomic mass is 35.5. The fourth-order valence-electron chi connectivity index (χ4n) is 4.90. The van der Waals surface area contributed by atoms with Crippen molar-refractivity contribution in [3.8, 4) is 17.1 Å². The first-order chi connectivity index (χ1) is 20.3. The number of benzene rings is 1. The number of hydrogen-bond donors (Lipinski definition) is 2. The number of anilines is 2. The zero-order valence-corrected chi connectivity index (χ0v) is 23.7. The average molecular weight is 586 g/mol. The largest absolute Gasteiger partial charge is 0.383 e. The normalized spacial score (nSPS) is 14.0. The summed E-state index contributed by atoms with van der Waals surface area (Å²) in [7, 11) is 0. The molecule has 214 valence electrons. The van der Waals surface area contributed by atoms with Gasteiger partial charge < -0.3 is 15.8 Å². The van der Waals surface area contributed by atoms with Crippen LogP contribution in [0.3, 0.4) is 0 Å². The number of halogens is 1. The van der Waals surface area contributed by atoms with Gasteiger partial charge >= 0.3 is 0 Å². The summed E-state index contributed by atoms with van der Waals surface area (Å²) in [5, 5.41) is 13.2. The summed E-state index contributed by atoms with van der Waals surface area (Å²) in [6.07, 6.45) is 4.52. The van der Waals surface area contributed by atoms with Crippen LogP contribution >= 0.6 is 11.6 Å². The highest BCUT2D eigenvalue weighted by Crippen LogP contribution is 2.34. The fourth-order valence-corrected chi connectivity index (χ4v) is 5.01. The molecule has 1 aliphatic heterocycles. The molecule has 1 aliphatic rings. The molecule has 6 rings (SSSR count). The number of carbonyl (C=O) groups is 1. The van der Waals surface area contributed by atoms with Crippen LogP contribution in [-0.4, -0.2) is 53.6 Å². The van der Waals surface area contributed by atoms with E-state index >= 15 is 0 Å². The fraction of sp³-hybridized carbons (Fsp3) is 0.276. The van der Waals surface area contributed by atoms with Gasteiger partial charge in [0.05, 0.1) is 22.1 Å². The Hall–Kier alpha value is -4.68. The van der Waals surface area contributed by atoms with Gasteiger partial charge in [0.25, 0.3) is 11.5 Å². The van der Waals surface area contributed by atoms with Gasteiger partial charge in [0.1, 0.15) is 23.4 Å². The van der Waals surface area contributed by atoms with Crippen molar-refractivity contribution in [3.05, 3.63) is 81.6 Å². The first-order valence-electron chi connectivity index (χ1n) is 13.5. The third kappa shape index (κ3) is 5.21. The van der Waals surface area contributed by atoms with Gasteiger partial charge in [-0.3, -0.25) is 9.59 Å². The minimum atomic E-state index is -0.594. The van der Waals surface area contributed by atoms with Crippen LogP contribution in [0.25, 0.3) is 28.1 Å². The van der Waals surface area contributed by atoms with E-state index in [1.54, 1.807) is 24.3 Å². The molecular formula is C29H28ClN9O3. The molecule has 5 aromatic rings. The summed E-state index contributed by atoms with van der Waals surface area (Å²) in [5.74, 6) is 0.00517. The van der Waals surface area contributed by atoms with Crippen molar-refractivity contribution in [2.24, 2.45) is 0 Å². The number of carbonyl (C=O) groups excluding carboxylic acids is 1. The van der Waals surface area contributed by atoms with E-state index in [1.807, 2.05) is 30.7 Å². The molecule has 0 spiro atoms. The second-order valence-corrected chi connectivity index (χ2v) is 10.8. The summed E-state index contributed by atoms with van der Waals surface area (Å²) in [6, 6.07) is 12.0. The Morgan fingerprint density at radius 1 is 1.07 bits per heavy atom. The average Bonchev–Trinajstić information content (AvgIpc) is 3.39. The van der Waals surface area contributed by atoms with Crippen LogP contribution in [0.4, 0.5) is 11.5 Å². The molecule has 1 amide bonds. The molecule has 0 bridgehead atoms. The molecule has 1 saturated heterocycles. The number of nitrogens with one attached hydrogen (secondary N) is 1. The summed E-state index contributed by atoms with van der Waals surface area (Å²) in [6.45, 7) is 5.18. The van der Waals surface area contributed by atoms with Crippen molar-refractivity contribution in [2.75, 3.05) is 24.3 Å². The van der Waals surface area contributed by atoms with Gasteiger partial charge in [-0.05, 0) is 49.1 Å². The molecule has 0 unspecified atom stereocenters. The van der Waals surface area contributed by atoms with Crippen LogP contribution in [0.1, 0.15) is 54.7 Å². The summed E-state index contributed by atoms with van der Waals surface area (Å²) in [5.41, 5.74) is 8.80. The predicted molar refractivity (Wildman–Crippen MR) is 159 cm³/mol. The van der Waals surface area contributed by atoms with E-state index in [0.717, 1.165) is 23.1 Å². The van der Waals surface area contributed by atoms with Gasteiger partial charge in [-0.1, -0.05) is 37.6 Å². The molecule has 42 heavy (non-hydrogen) atoms. The Kier molecular flexibility index (Phi) is 7.40. The van der Waals surface area contributed by atoms with E-state index in [4.69, 9.17) is 27.2 Å². The number of hydrogen-bond acceptors (Lipinski definition) is 9. The van der Waals surface area contributed by atoms with Gasteiger partial charge in [0.2, 0.25) is 0 Å². The van der Waals surface area contributed by atoms with Gasteiger partial charge in [-0.2, -0.15) is 14.9 Å². The van der Waals surface area contributed by atoms with E-state index in [9.17, 15) is 9.59 Å². The topological polar surface area (TPSA) is 156 Å². The molecule has 3 N–H and O–H groups in total. The summed E-state index contributed by atoms with van der Waals surface area (Å²) in [4.78, 5) is 39.5. The van der Waals surface area contributed by atoms with Gasteiger partial charge in [-0.15, -0.1) is 0 Å². The van der Waals surface area contributed by atoms with Crippen molar-refractivity contribution < 1.29 is 9.53 Å². The van der Waals surface area contributed by atoms with Crippen LogP contribution in [0.15, 0.2) is 59.8 Å². The number of rotatable bonds is 6. The highest BCUT2D eigenvalue weighted by molar-refractivity contribution is 6.30. The molecule has 0 saturated carbocycles. The lowest BCUT2D eigenvalue weighted by Crippen LogP contribution is -2.31. The maximum atomic E-state index is 13.3. The second-order valence-electron chi connectivity index (χ2n) is 10.3. The van der Waals surface area contributed by atoms with Crippen LogP contribution in [-0.2, 0) is 4.74 Å². The van der Waals surface area contributed by atoms with Crippen LogP contribution in [0.2, 0.25) is 5.02 Å². The maximum Gasteiger partial charge on any atom is 0.285 e. The number of amides is 1. The molecule has 1 fully saturated rings. The second kappa shape index (κ2) is 11.3. The molecule has 0 atom stereocenters. The summed E-state index contributed by atoms with van der Waals surface area (Å²) < 4.78 is 8.55. The lowest BCUT2D eigenvalue weighted by atomic mass is 10.1. The maximum absolute atomic E-state index is 13.3. The van der Waals surface area contributed by atoms with Crippen molar-refractivity contribution in [3.63, 3.8) is 0 Å². The minimum Gasteiger partial charge on any atom is -0.383 e. The van der Waals surface area contributed by atoms with Crippen molar-refractivity contribution >= 4 is 40.0 Å². The number of pyridine rings is 1. The third-order valence-corrected chi connectivity index (χ3v) is 7.39. The van der Waals surface area contributed by atoms with Crippen LogP contribution in [0, 0.1) is 0 Å². The zero-order chi connectivity index (χ0) is 29.4. The minimum absolute atomic E-state index is 0.0397. The molecule has 4 aromatic heterocycles. The van der Waals surface area contributed by atoms with E-state index in [2.05, 4.69) is 25.4 Å². The molecule has 1 aromatic carbocycles. The lowest BCUT2D eigenvalue weighted by molar-refractivity contribution is 0.0674. The molecule has 5 heterocycles. The lowest BCUT2D eigenvalue weighted by Gasteiger charge is -2.22. The molecule has 13 heteroatoms. The predicted octanol–water partition coefficient (Wildman–Crippen LogP) is 4.40. The SMILES string of the molecule is CC(C)c1cc(C(=O)Nc2ccc(-c3nn(C4CCOCC4)c4ncnc(N)c34)cc2)c(=O)n(-c2ccc(Cl)cn2)n1. The smallest absolute Gasteiger partial charge is 0.285 e. The molecule has 0 radical (unpaired) electrons. The molecular weight excluding hydrogens is 558 g/mol. The Morgan fingerprint density at radius 2 is 1.83 bits per heavy atom. The number of nitrogen functional groups attached to an aromatic ring is 1. The number of ether oxygens (including phenoxy) is 1. The summed E-state index contributed by atoms with van der Waals surface area (Å²) >= 11 is 5.96. The number of nitrogens with two attached hydrogens (primary N) is 1. The van der Waals surface area contributed by atoms with E-state index in [-0.39, 0.29) is 23.3 Å². The quantitative estimate of drug-likeness (QED) is 0.295. The van der Waals surface area contributed by atoms with Crippen molar-refractivity contribution in [1.29, 1.82) is 0 Å². The standard InChI is InChI=1S/C29H28ClN9O3/c1-16(2)22-13-21(29(41)39(36-22)23-8-5-18(30)14-32-23)28(40)35-19-6-3-17(4-7-19)25-24-26(31)33-15-34-27(24)38(37-25)20-9-11-42-12-10-20/h3-8,13-16,20H,9-12H2,1-2H3,(H,35,40)(H2,31,33,34). The Morgan fingerprint density at radius 3 is 2.52 bits per heavy atom. The monoisotopic (exact) mass is 585 g/mol. The van der Waals surface area contributed by atoms with E-state index in [0.29, 0.717) is 52.2 Å². The highest BCUT2D eigenvalue weighted by Gasteiger charge is 2.24. The van der Waals surface area contributed by atoms with Crippen LogP contribution in [0.5, 0.6) is 0 Å². The van der Waals surface area contributed by atoms with E-state index < -0.39 is 11.5 Å². The van der Waals surface area contributed by atoms with Gasteiger partial charge in [0, 0.05) is 30.7 Å². The number of fused-ring (bicyclic) bond motifs is 1. The van der Waals surface area contributed by atoms with Crippen molar-refractivity contribution in [1.82, 2.24) is 34.5 Å². The third-order valence-electron chi connectivity index (χ3n) is 7.17. The number of nitrogens with zero attached hydrogens (tertiary/aromatic N) is 7. The number of aromatic nitrogens is 7. The Labute approximate surface area is 245 Å².